The monoisotopic (exact) mass is 293 g/mol. The predicted octanol–water partition coefficient (Wildman–Crippen LogP) is 2.59. The predicted molar refractivity (Wildman–Crippen MR) is 85.9 cm³/mol. The van der Waals surface area contributed by atoms with Crippen molar-refractivity contribution in [3.8, 4) is 0 Å². The molecule has 0 atom stereocenters. The Balaban J connectivity index is 2.16. The van der Waals surface area contributed by atoms with Gasteiger partial charge in [-0.25, -0.2) is 9.67 Å². The first-order valence-corrected chi connectivity index (χ1v) is 8.36. The molecule has 0 spiro atoms. The largest absolute Gasteiger partial charge is 0.329 e. The van der Waals surface area contributed by atoms with E-state index in [1.165, 1.54) is 25.7 Å². The highest BCUT2D eigenvalue weighted by molar-refractivity contribution is 4.98. The van der Waals surface area contributed by atoms with Crippen molar-refractivity contribution in [2.75, 3.05) is 13.1 Å². The van der Waals surface area contributed by atoms with Crippen molar-refractivity contribution < 1.29 is 0 Å². The maximum absolute atomic E-state index is 6.20. The Morgan fingerprint density at radius 3 is 2.62 bits per heavy atom. The van der Waals surface area contributed by atoms with E-state index >= 15 is 0 Å². The third kappa shape index (κ3) is 3.46. The second kappa shape index (κ2) is 6.88. The number of rotatable bonds is 6. The Bertz CT molecular complexity index is 432. The van der Waals surface area contributed by atoms with E-state index in [0.29, 0.717) is 6.04 Å². The van der Waals surface area contributed by atoms with Gasteiger partial charge in [-0.15, -0.1) is 0 Å². The van der Waals surface area contributed by atoms with Gasteiger partial charge in [-0.1, -0.05) is 13.8 Å². The summed E-state index contributed by atoms with van der Waals surface area (Å²) in [5.41, 5.74) is 6.35. The second-order valence-corrected chi connectivity index (χ2v) is 6.84. The summed E-state index contributed by atoms with van der Waals surface area (Å²) in [5, 5.41) is 4.36. The van der Waals surface area contributed by atoms with Crippen LogP contribution in [0, 0.1) is 5.92 Å². The molecule has 5 heteroatoms. The molecule has 0 unspecified atom stereocenters. The lowest BCUT2D eigenvalue weighted by atomic mass is 9.76. The highest BCUT2D eigenvalue weighted by Crippen LogP contribution is 2.36. The van der Waals surface area contributed by atoms with Gasteiger partial charge in [-0.3, -0.25) is 4.90 Å². The van der Waals surface area contributed by atoms with Crippen LogP contribution < -0.4 is 5.73 Å². The molecule has 21 heavy (non-hydrogen) atoms. The Kier molecular flexibility index (Phi) is 5.38. The van der Waals surface area contributed by atoms with Crippen LogP contribution >= 0.6 is 0 Å². The van der Waals surface area contributed by atoms with Gasteiger partial charge in [0.05, 0.1) is 6.54 Å². The zero-order valence-corrected chi connectivity index (χ0v) is 14.0. The van der Waals surface area contributed by atoms with Gasteiger partial charge in [0.25, 0.3) is 0 Å². The zero-order valence-electron chi connectivity index (χ0n) is 14.0. The van der Waals surface area contributed by atoms with Crippen molar-refractivity contribution in [3.05, 3.63) is 12.2 Å². The van der Waals surface area contributed by atoms with Crippen LogP contribution in [0.15, 0.2) is 6.33 Å². The molecule has 1 aromatic rings. The van der Waals surface area contributed by atoms with Crippen molar-refractivity contribution in [2.24, 2.45) is 11.7 Å². The summed E-state index contributed by atoms with van der Waals surface area (Å²) >= 11 is 0. The summed E-state index contributed by atoms with van der Waals surface area (Å²) in [7, 11) is 0. The van der Waals surface area contributed by atoms with Gasteiger partial charge >= 0.3 is 0 Å². The van der Waals surface area contributed by atoms with Crippen LogP contribution in [0.5, 0.6) is 0 Å². The first-order valence-electron chi connectivity index (χ1n) is 8.36. The molecule has 1 fully saturated rings. The fourth-order valence-corrected chi connectivity index (χ4v) is 3.55. The molecule has 1 saturated carbocycles. The van der Waals surface area contributed by atoms with Gasteiger partial charge in [0.1, 0.15) is 12.2 Å². The summed E-state index contributed by atoms with van der Waals surface area (Å²) in [6, 6.07) is 0.349. The molecule has 0 amide bonds. The smallest absolute Gasteiger partial charge is 0.141 e. The van der Waals surface area contributed by atoms with E-state index in [0.717, 1.165) is 31.4 Å². The summed E-state index contributed by atoms with van der Waals surface area (Å²) in [4.78, 5) is 7.00. The Morgan fingerprint density at radius 1 is 1.43 bits per heavy atom. The second-order valence-electron chi connectivity index (χ2n) is 6.84. The number of hydrogen-bond donors (Lipinski definition) is 1. The van der Waals surface area contributed by atoms with Crippen molar-refractivity contribution in [1.82, 2.24) is 19.7 Å². The molecule has 0 aromatic carbocycles. The number of nitrogens with two attached hydrogens (primary N) is 1. The van der Waals surface area contributed by atoms with Crippen LogP contribution in [-0.4, -0.2) is 38.3 Å². The highest BCUT2D eigenvalue weighted by atomic mass is 15.4. The first-order chi connectivity index (χ1) is 10.0. The van der Waals surface area contributed by atoms with Crippen molar-refractivity contribution in [3.63, 3.8) is 0 Å². The fraction of sp³-hybridized carbons (Fsp3) is 0.875. The van der Waals surface area contributed by atoms with Gasteiger partial charge in [0.2, 0.25) is 0 Å². The lowest BCUT2D eigenvalue weighted by Crippen LogP contribution is -2.55. The summed E-state index contributed by atoms with van der Waals surface area (Å²) < 4.78 is 2.03. The van der Waals surface area contributed by atoms with E-state index in [4.69, 9.17) is 5.73 Å². The normalized spacial score (nSPS) is 26.7. The van der Waals surface area contributed by atoms with E-state index in [1.807, 2.05) is 4.68 Å². The van der Waals surface area contributed by atoms with Crippen molar-refractivity contribution >= 4 is 0 Å². The molecule has 2 N–H and O–H groups in total. The number of likely N-dealkylation sites (N-methyl/N-ethyl adjacent to an activating group) is 1. The van der Waals surface area contributed by atoms with E-state index in [1.54, 1.807) is 6.33 Å². The third-order valence-corrected chi connectivity index (χ3v) is 5.11. The quantitative estimate of drug-likeness (QED) is 0.876. The molecule has 120 valence electrons. The SMILES string of the molecule is CCN(Cc1ncnn1C(C)C)C1(CN)CCC(C)CC1. The van der Waals surface area contributed by atoms with Crippen LogP contribution in [0.1, 0.15) is 65.2 Å². The minimum atomic E-state index is 0.148. The highest BCUT2D eigenvalue weighted by Gasteiger charge is 2.38. The average molecular weight is 293 g/mol. The van der Waals surface area contributed by atoms with E-state index in [-0.39, 0.29) is 5.54 Å². The summed E-state index contributed by atoms with van der Waals surface area (Å²) in [6.07, 6.45) is 6.64. The maximum Gasteiger partial charge on any atom is 0.141 e. The average Bonchev–Trinajstić information content (AvgIpc) is 2.94. The van der Waals surface area contributed by atoms with Crippen LogP contribution in [0.25, 0.3) is 0 Å². The zero-order chi connectivity index (χ0) is 15.5. The summed E-state index contributed by atoms with van der Waals surface area (Å²) in [6.45, 7) is 11.5. The molecule has 0 radical (unpaired) electrons. The Morgan fingerprint density at radius 2 is 2.10 bits per heavy atom. The molecule has 1 aliphatic carbocycles. The Hall–Kier alpha value is -0.940. The van der Waals surface area contributed by atoms with Gasteiger partial charge in [0, 0.05) is 18.1 Å². The minimum absolute atomic E-state index is 0.148. The number of nitrogens with zero attached hydrogens (tertiary/aromatic N) is 4. The standard InChI is InChI=1S/C16H31N5/c1-5-20(10-15-18-12-19-21(15)13(2)3)16(11-17)8-6-14(4)7-9-16/h12-14H,5-11,17H2,1-4H3. The first kappa shape index (κ1) is 16.4. The maximum atomic E-state index is 6.20. The lowest BCUT2D eigenvalue weighted by Gasteiger charge is -2.47. The fourth-order valence-electron chi connectivity index (χ4n) is 3.55. The van der Waals surface area contributed by atoms with Gasteiger partial charge in [0.15, 0.2) is 0 Å². The van der Waals surface area contributed by atoms with Gasteiger partial charge in [-0.05, 0) is 52.0 Å². The van der Waals surface area contributed by atoms with E-state index in [9.17, 15) is 0 Å². The minimum Gasteiger partial charge on any atom is -0.329 e. The van der Waals surface area contributed by atoms with Crippen LogP contribution in [-0.2, 0) is 6.54 Å². The van der Waals surface area contributed by atoms with E-state index < -0.39 is 0 Å². The van der Waals surface area contributed by atoms with Crippen LogP contribution in [0.4, 0.5) is 0 Å². The number of aromatic nitrogens is 3. The van der Waals surface area contributed by atoms with E-state index in [2.05, 4.69) is 42.7 Å². The molecule has 0 aliphatic heterocycles. The van der Waals surface area contributed by atoms with Crippen molar-refractivity contribution in [1.29, 1.82) is 0 Å². The third-order valence-electron chi connectivity index (χ3n) is 5.11. The van der Waals surface area contributed by atoms with Crippen molar-refractivity contribution in [2.45, 2.75) is 71.5 Å². The molecule has 1 heterocycles. The molecular formula is C16H31N5. The molecule has 5 nitrogen and oxygen atoms in total. The molecule has 2 rings (SSSR count). The molecule has 0 saturated heterocycles. The van der Waals surface area contributed by atoms with Gasteiger partial charge in [-0.2, -0.15) is 5.10 Å². The lowest BCUT2D eigenvalue weighted by molar-refractivity contribution is 0.0389. The van der Waals surface area contributed by atoms with Gasteiger partial charge < -0.3 is 5.73 Å². The Labute approximate surface area is 128 Å². The molecule has 0 bridgehead atoms. The summed E-state index contributed by atoms with van der Waals surface area (Å²) in [5.74, 6) is 1.89. The van der Waals surface area contributed by atoms with Crippen LogP contribution in [0.2, 0.25) is 0 Å². The van der Waals surface area contributed by atoms with Crippen LogP contribution in [0.3, 0.4) is 0 Å². The molecule has 1 aliphatic rings. The number of hydrogen-bond acceptors (Lipinski definition) is 4. The molecular weight excluding hydrogens is 262 g/mol. The molecule has 1 aromatic heterocycles. The topological polar surface area (TPSA) is 60.0 Å².